The van der Waals surface area contributed by atoms with Gasteiger partial charge in [-0.2, -0.15) is 0 Å². The minimum Gasteiger partial charge on any atom is -0.280 e. The van der Waals surface area contributed by atoms with E-state index in [1.165, 1.54) is 11.3 Å². The number of rotatable bonds is 5. The van der Waals surface area contributed by atoms with Crippen molar-refractivity contribution in [1.29, 1.82) is 0 Å². The molecule has 0 aliphatic heterocycles. The zero-order valence-electron chi connectivity index (χ0n) is 14.5. The van der Waals surface area contributed by atoms with Crippen LogP contribution < -0.4 is 4.72 Å². The number of thiophene rings is 1. The summed E-state index contributed by atoms with van der Waals surface area (Å²) >= 11 is 3.02. The predicted octanol–water partition coefficient (Wildman–Crippen LogP) is 5.41. The highest BCUT2D eigenvalue weighted by Gasteiger charge is 2.22. The third-order valence-corrected chi connectivity index (χ3v) is 7.47. The highest BCUT2D eigenvalue weighted by molar-refractivity contribution is 7.93. The summed E-state index contributed by atoms with van der Waals surface area (Å²) in [5.41, 5.74) is 2.61. The minimum absolute atomic E-state index is 0.315. The van der Waals surface area contributed by atoms with Crippen molar-refractivity contribution in [3.05, 3.63) is 51.8 Å². The van der Waals surface area contributed by atoms with Crippen LogP contribution in [-0.4, -0.2) is 13.4 Å². The van der Waals surface area contributed by atoms with Crippen LogP contribution in [0, 0.1) is 13.8 Å². The Morgan fingerprint density at radius 2 is 1.92 bits per heavy atom. The quantitative estimate of drug-likeness (QED) is 0.631. The maximum atomic E-state index is 12.8. The second kappa shape index (κ2) is 6.90. The molecular formula is C18H20N2O2S3. The van der Waals surface area contributed by atoms with Crippen LogP contribution in [0.25, 0.3) is 9.88 Å². The Kier molecular flexibility index (Phi) is 4.99. The molecule has 0 unspecified atom stereocenters. The van der Waals surface area contributed by atoms with E-state index in [0.29, 0.717) is 16.5 Å². The third kappa shape index (κ3) is 3.94. The van der Waals surface area contributed by atoms with Gasteiger partial charge in [0.2, 0.25) is 0 Å². The van der Waals surface area contributed by atoms with Gasteiger partial charge in [-0.3, -0.25) is 4.72 Å². The highest BCUT2D eigenvalue weighted by Crippen LogP contribution is 2.36. The van der Waals surface area contributed by atoms with Crippen molar-refractivity contribution in [3.8, 4) is 9.88 Å². The van der Waals surface area contributed by atoms with Gasteiger partial charge >= 0.3 is 0 Å². The van der Waals surface area contributed by atoms with Crippen LogP contribution in [0.15, 0.2) is 40.6 Å². The summed E-state index contributed by atoms with van der Waals surface area (Å²) in [7, 11) is -3.62. The van der Waals surface area contributed by atoms with Crippen LogP contribution in [0.2, 0.25) is 0 Å². The summed E-state index contributed by atoms with van der Waals surface area (Å²) in [6, 6.07) is 9.06. The number of sulfonamides is 1. The number of anilines is 1. The Labute approximate surface area is 156 Å². The van der Waals surface area contributed by atoms with Crippen LogP contribution in [0.3, 0.4) is 0 Å². The second-order valence-electron chi connectivity index (χ2n) is 6.24. The van der Waals surface area contributed by atoms with Crippen molar-refractivity contribution in [2.75, 3.05) is 4.72 Å². The fraction of sp³-hybridized carbons (Fsp3) is 0.278. The van der Waals surface area contributed by atoms with Crippen LogP contribution in [0.4, 0.5) is 5.69 Å². The second-order valence-corrected chi connectivity index (χ2v) is 10.0. The molecule has 0 fully saturated rings. The third-order valence-electron chi connectivity index (χ3n) is 3.76. The Bertz CT molecular complexity index is 1000. The van der Waals surface area contributed by atoms with Crippen LogP contribution in [-0.2, 0) is 10.0 Å². The van der Waals surface area contributed by atoms with E-state index in [9.17, 15) is 8.42 Å². The normalized spacial score (nSPS) is 11.9. The molecule has 3 aromatic rings. The van der Waals surface area contributed by atoms with Crippen LogP contribution in [0.5, 0.6) is 0 Å². The SMILES string of the molecule is Cc1cccc(NS(=O)(=O)c2cc(-c3nc(C(C)C)cs3)sc2C)c1. The molecule has 1 N–H and O–H groups in total. The summed E-state index contributed by atoms with van der Waals surface area (Å²) in [4.78, 5) is 6.59. The van der Waals surface area contributed by atoms with Gasteiger partial charge in [0.15, 0.2) is 0 Å². The molecule has 0 amide bonds. The average Bonchev–Trinajstić information content (AvgIpc) is 3.13. The number of aryl methyl sites for hydroxylation is 2. The molecule has 0 saturated carbocycles. The van der Waals surface area contributed by atoms with Crippen molar-refractivity contribution >= 4 is 38.4 Å². The van der Waals surface area contributed by atoms with Crippen molar-refractivity contribution in [2.45, 2.75) is 38.5 Å². The lowest BCUT2D eigenvalue weighted by Gasteiger charge is -2.08. The monoisotopic (exact) mass is 392 g/mol. The Morgan fingerprint density at radius 3 is 2.56 bits per heavy atom. The van der Waals surface area contributed by atoms with Gasteiger partial charge in [-0.1, -0.05) is 26.0 Å². The summed E-state index contributed by atoms with van der Waals surface area (Å²) in [6.45, 7) is 7.96. The van der Waals surface area contributed by atoms with E-state index in [1.807, 2.05) is 37.4 Å². The molecule has 25 heavy (non-hydrogen) atoms. The summed E-state index contributed by atoms with van der Waals surface area (Å²) in [5.74, 6) is 0.359. The fourth-order valence-corrected chi connectivity index (χ4v) is 6.11. The topological polar surface area (TPSA) is 59.1 Å². The minimum atomic E-state index is -3.62. The van der Waals surface area contributed by atoms with Crippen molar-refractivity contribution in [1.82, 2.24) is 4.98 Å². The summed E-state index contributed by atoms with van der Waals surface area (Å²) in [5, 5.41) is 2.91. The number of hydrogen-bond acceptors (Lipinski definition) is 5. The maximum absolute atomic E-state index is 12.8. The molecule has 0 aliphatic rings. The van der Waals surface area contributed by atoms with E-state index in [4.69, 9.17) is 0 Å². The Balaban J connectivity index is 1.93. The highest BCUT2D eigenvalue weighted by atomic mass is 32.2. The Hall–Kier alpha value is -1.70. The first kappa shape index (κ1) is 18.1. The maximum Gasteiger partial charge on any atom is 0.263 e. The molecule has 2 heterocycles. The van der Waals surface area contributed by atoms with Gasteiger partial charge in [-0.25, -0.2) is 13.4 Å². The lowest BCUT2D eigenvalue weighted by atomic mass is 10.2. The number of nitrogens with one attached hydrogen (secondary N) is 1. The molecule has 4 nitrogen and oxygen atoms in total. The average molecular weight is 393 g/mol. The van der Waals surface area contributed by atoms with Gasteiger partial charge < -0.3 is 0 Å². The van der Waals surface area contributed by atoms with Crippen LogP contribution in [0.1, 0.15) is 35.9 Å². The van der Waals surface area contributed by atoms with E-state index in [2.05, 4.69) is 23.6 Å². The zero-order chi connectivity index (χ0) is 18.2. The van der Waals surface area contributed by atoms with Gasteiger partial charge in [0, 0.05) is 15.9 Å². The molecule has 0 spiro atoms. The van der Waals surface area contributed by atoms with Crippen LogP contribution >= 0.6 is 22.7 Å². The number of benzene rings is 1. The van der Waals surface area contributed by atoms with E-state index in [0.717, 1.165) is 26.0 Å². The molecule has 132 valence electrons. The molecule has 0 radical (unpaired) electrons. The lowest BCUT2D eigenvalue weighted by Crippen LogP contribution is -2.13. The van der Waals surface area contributed by atoms with Crippen molar-refractivity contribution in [3.63, 3.8) is 0 Å². The van der Waals surface area contributed by atoms with Gasteiger partial charge in [0.25, 0.3) is 10.0 Å². The van der Waals surface area contributed by atoms with E-state index in [1.54, 1.807) is 23.5 Å². The van der Waals surface area contributed by atoms with Gasteiger partial charge in [-0.15, -0.1) is 22.7 Å². The van der Waals surface area contributed by atoms with Gasteiger partial charge in [0.1, 0.15) is 9.90 Å². The molecule has 2 aromatic heterocycles. The molecule has 0 aliphatic carbocycles. The first-order valence-corrected chi connectivity index (χ1v) is 11.1. The molecule has 3 rings (SSSR count). The predicted molar refractivity (Wildman–Crippen MR) is 106 cm³/mol. The lowest BCUT2D eigenvalue weighted by molar-refractivity contribution is 0.601. The molecular weight excluding hydrogens is 372 g/mol. The van der Waals surface area contributed by atoms with Crippen molar-refractivity contribution in [2.24, 2.45) is 0 Å². The number of thiazole rings is 1. The molecule has 0 bridgehead atoms. The van der Waals surface area contributed by atoms with E-state index in [-0.39, 0.29) is 0 Å². The Morgan fingerprint density at radius 1 is 1.16 bits per heavy atom. The smallest absolute Gasteiger partial charge is 0.263 e. The standard InChI is InChI=1S/C18H20N2O2S3/c1-11(2)15-10-23-18(19-15)16-9-17(13(4)24-16)25(21,22)20-14-7-5-6-12(3)8-14/h5-11,20H,1-4H3. The van der Waals surface area contributed by atoms with Crippen molar-refractivity contribution < 1.29 is 8.42 Å². The van der Waals surface area contributed by atoms with Gasteiger partial charge in [0.05, 0.1) is 10.6 Å². The first-order valence-electron chi connectivity index (χ1n) is 7.92. The number of aromatic nitrogens is 1. The number of nitrogens with zero attached hydrogens (tertiary/aromatic N) is 1. The van der Waals surface area contributed by atoms with E-state index >= 15 is 0 Å². The summed E-state index contributed by atoms with van der Waals surface area (Å²) < 4.78 is 28.2. The number of hydrogen-bond donors (Lipinski definition) is 1. The molecule has 0 atom stereocenters. The molecule has 7 heteroatoms. The molecule has 1 aromatic carbocycles. The van der Waals surface area contributed by atoms with E-state index < -0.39 is 10.0 Å². The zero-order valence-corrected chi connectivity index (χ0v) is 17.0. The fourth-order valence-electron chi connectivity index (χ4n) is 2.42. The molecule has 0 saturated heterocycles. The largest absolute Gasteiger partial charge is 0.280 e. The summed E-state index contributed by atoms with van der Waals surface area (Å²) in [6.07, 6.45) is 0. The first-order chi connectivity index (χ1) is 11.8. The van der Waals surface area contributed by atoms with Gasteiger partial charge in [-0.05, 0) is 43.5 Å².